The van der Waals surface area contributed by atoms with Gasteiger partial charge < -0.3 is 24.5 Å². The number of anilines is 1. The van der Waals surface area contributed by atoms with Gasteiger partial charge in [0.05, 0.1) is 25.6 Å². The molecular formula is C30H54N5O4PSi. The Morgan fingerprint density at radius 3 is 2.22 bits per heavy atom. The van der Waals surface area contributed by atoms with Crippen molar-refractivity contribution in [2.24, 2.45) is 5.92 Å². The van der Waals surface area contributed by atoms with E-state index in [0.29, 0.717) is 23.5 Å². The minimum atomic E-state index is -3.79. The Morgan fingerprint density at radius 1 is 0.976 bits per heavy atom. The molecule has 0 radical (unpaired) electrons. The van der Waals surface area contributed by atoms with Crippen LogP contribution in [0.5, 0.6) is 0 Å². The Kier molecular flexibility index (Phi) is 16.2. The van der Waals surface area contributed by atoms with Gasteiger partial charge in [0.15, 0.2) is 11.5 Å². The molecule has 2 heterocycles. The van der Waals surface area contributed by atoms with E-state index in [9.17, 15) is 9.46 Å². The number of nitrogens with two attached hydrogens (primary N) is 1. The van der Waals surface area contributed by atoms with Crippen molar-refractivity contribution in [2.75, 3.05) is 18.7 Å². The van der Waals surface area contributed by atoms with Gasteiger partial charge in [0.2, 0.25) is 0 Å². The molecule has 1 unspecified atom stereocenters. The smallest absolute Gasteiger partial charge is 0.353 e. The highest BCUT2D eigenvalue weighted by atomic mass is 31.2. The second kappa shape index (κ2) is 18.7. The fourth-order valence-electron chi connectivity index (χ4n) is 5.11. The molecule has 3 N–H and O–H groups in total. The number of ether oxygens (including phenoxy) is 1. The predicted octanol–water partition coefficient (Wildman–Crippen LogP) is 7.56. The topological polar surface area (TPSA) is 125 Å². The number of imidazole rings is 1. The average molecular weight is 608 g/mol. The lowest BCUT2D eigenvalue weighted by molar-refractivity contribution is 0.0715. The van der Waals surface area contributed by atoms with Crippen molar-refractivity contribution >= 4 is 32.7 Å². The summed E-state index contributed by atoms with van der Waals surface area (Å²) in [5.74, 6) is 4.53. The first-order valence-electron chi connectivity index (χ1n) is 15.5. The Morgan fingerprint density at radius 2 is 1.59 bits per heavy atom. The molecule has 9 nitrogen and oxygen atoms in total. The quantitative estimate of drug-likeness (QED) is 0.0644. The number of hydrogen-bond acceptors (Lipinski definition) is 7. The number of rotatable bonds is 21. The van der Waals surface area contributed by atoms with Gasteiger partial charge in [-0.15, -0.1) is 11.5 Å². The zero-order valence-electron chi connectivity index (χ0n) is 26.1. The maximum absolute atomic E-state index is 12.3. The predicted molar refractivity (Wildman–Crippen MR) is 171 cm³/mol. The standard InChI is InChI=1S/C30H54N5O4PSi/c1-26(2)22-41(4,5)20-18-16-14-12-10-8-6-7-9-11-13-15-17-19-39-40(36,37)25-38-27(3)21-35-24-34-28-29(31)32-23-33-30(28)35/h23-24,26-27H,6-17,19,21-22,25H2,1-5H3,(H,36,37)(H2,31,32,33)/t27-/m1/s1. The van der Waals surface area contributed by atoms with E-state index >= 15 is 0 Å². The van der Waals surface area contributed by atoms with Crippen LogP contribution < -0.4 is 5.73 Å². The van der Waals surface area contributed by atoms with Crippen LogP contribution in [0.25, 0.3) is 11.2 Å². The normalized spacial score (nSPS) is 14.2. The lowest BCUT2D eigenvalue weighted by Gasteiger charge is -2.17. The molecule has 0 spiro atoms. The number of nitrogens with zero attached hydrogens (tertiary/aromatic N) is 4. The van der Waals surface area contributed by atoms with Gasteiger partial charge in [-0.05, 0) is 31.7 Å². The molecule has 232 valence electrons. The third-order valence-corrected chi connectivity index (χ3v) is 10.7. The van der Waals surface area contributed by atoms with Gasteiger partial charge in [-0.25, -0.2) is 15.0 Å². The van der Waals surface area contributed by atoms with Gasteiger partial charge in [0, 0.05) is 6.42 Å². The van der Waals surface area contributed by atoms with Crippen LogP contribution in [0.2, 0.25) is 19.1 Å². The van der Waals surface area contributed by atoms with Crippen molar-refractivity contribution in [3.63, 3.8) is 0 Å². The lowest BCUT2D eigenvalue weighted by atomic mass is 10.1. The zero-order valence-corrected chi connectivity index (χ0v) is 28.0. The maximum Gasteiger partial charge on any atom is 0.353 e. The second-order valence-electron chi connectivity index (χ2n) is 12.3. The number of nitrogen functional groups attached to an aromatic ring is 1. The van der Waals surface area contributed by atoms with E-state index in [1.54, 1.807) is 10.9 Å². The van der Waals surface area contributed by atoms with Crippen LogP contribution in [0.1, 0.15) is 97.8 Å². The van der Waals surface area contributed by atoms with Gasteiger partial charge in [-0.1, -0.05) is 84.7 Å². The molecule has 41 heavy (non-hydrogen) atoms. The van der Waals surface area contributed by atoms with E-state index in [1.165, 1.54) is 63.7 Å². The van der Waals surface area contributed by atoms with Crippen LogP contribution in [-0.4, -0.2) is 51.5 Å². The van der Waals surface area contributed by atoms with Gasteiger partial charge in [0.25, 0.3) is 0 Å². The summed E-state index contributed by atoms with van der Waals surface area (Å²) in [6.07, 6.45) is 16.6. The fourth-order valence-corrected chi connectivity index (χ4v) is 8.79. The number of unbranched alkanes of at least 4 members (excludes halogenated alkanes) is 11. The molecule has 0 aromatic carbocycles. The summed E-state index contributed by atoms with van der Waals surface area (Å²) in [6.45, 7) is 11.9. The molecule has 0 bridgehead atoms. The van der Waals surface area contributed by atoms with E-state index in [1.807, 2.05) is 6.92 Å². The number of hydrogen-bond donors (Lipinski definition) is 2. The second-order valence-corrected chi connectivity index (χ2v) is 18.5. The van der Waals surface area contributed by atoms with Crippen LogP contribution >= 0.6 is 7.60 Å². The monoisotopic (exact) mass is 607 g/mol. The molecule has 0 aliphatic carbocycles. The van der Waals surface area contributed by atoms with Crippen LogP contribution in [0, 0.1) is 17.4 Å². The van der Waals surface area contributed by atoms with E-state index in [0.717, 1.165) is 31.6 Å². The fraction of sp³-hybridized carbons (Fsp3) is 0.767. The minimum absolute atomic E-state index is 0.273. The number of aromatic nitrogens is 4. The third-order valence-electron chi connectivity index (χ3n) is 6.99. The van der Waals surface area contributed by atoms with E-state index in [2.05, 4.69) is 53.4 Å². The van der Waals surface area contributed by atoms with Gasteiger partial charge >= 0.3 is 7.60 Å². The molecule has 0 saturated heterocycles. The molecule has 0 amide bonds. The van der Waals surface area contributed by atoms with Crippen molar-refractivity contribution in [2.45, 2.75) is 130 Å². The Balaban J connectivity index is 1.42. The average Bonchev–Trinajstić information content (AvgIpc) is 3.30. The Hall–Kier alpha value is -1.76. The van der Waals surface area contributed by atoms with Crippen molar-refractivity contribution < 1.29 is 18.7 Å². The summed E-state index contributed by atoms with van der Waals surface area (Å²) in [6, 6.07) is 1.30. The van der Waals surface area contributed by atoms with Crippen LogP contribution in [0.3, 0.4) is 0 Å². The molecule has 0 aliphatic rings. The highest BCUT2D eigenvalue weighted by molar-refractivity contribution is 7.52. The summed E-state index contributed by atoms with van der Waals surface area (Å²) < 4.78 is 25.0. The largest absolute Gasteiger partial charge is 0.382 e. The summed E-state index contributed by atoms with van der Waals surface area (Å²) in [4.78, 5) is 22.5. The molecule has 2 aromatic heterocycles. The number of fused-ring (bicyclic) bond motifs is 1. The van der Waals surface area contributed by atoms with E-state index in [4.69, 9.17) is 15.0 Å². The van der Waals surface area contributed by atoms with Crippen molar-refractivity contribution in [3.05, 3.63) is 12.7 Å². The first-order valence-corrected chi connectivity index (χ1v) is 20.5. The molecule has 0 fully saturated rings. The lowest BCUT2D eigenvalue weighted by Crippen LogP contribution is -2.25. The van der Waals surface area contributed by atoms with E-state index in [-0.39, 0.29) is 19.1 Å². The molecule has 11 heteroatoms. The third kappa shape index (κ3) is 15.3. The summed E-state index contributed by atoms with van der Waals surface area (Å²) >= 11 is 0. The highest BCUT2D eigenvalue weighted by Gasteiger charge is 2.22. The highest BCUT2D eigenvalue weighted by Crippen LogP contribution is 2.42. The first kappa shape index (κ1) is 35.4. The molecule has 0 aliphatic heterocycles. The van der Waals surface area contributed by atoms with Crippen LogP contribution in [0.15, 0.2) is 12.7 Å². The van der Waals surface area contributed by atoms with Crippen LogP contribution in [0.4, 0.5) is 5.82 Å². The van der Waals surface area contributed by atoms with Crippen molar-refractivity contribution in [1.82, 2.24) is 19.5 Å². The first-order chi connectivity index (χ1) is 19.5. The summed E-state index contributed by atoms with van der Waals surface area (Å²) in [5.41, 5.74) is 10.6. The Bertz CT molecular complexity index is 1130. The molecule has 0 saturated carbocycles. The Labute approximate surface area is 249 Å². The SMILES string of the molecule is CC(C)C[Si](C)(C)C#CCCCCCCCCCCCCCOP(=O)(O)CO[C@H](C)Cn1cnc2c(N)ncnc21. The van der Waals surface area contributed by atoms with Gasteiger partial charge in [-0.3, -0.25) is 4.57 Å². The molecule has 2 rings (SSSR count). The van der Waals surface area contributed by atoms with E-state index < -0.39 is 15.7 Å². The molecule has 2 atom stereocenters. The summed E-state index contributed by atoms with van der Waals surface area (Å²) in [7, 11) is -5.10. The molecular weight excluding hydrogens is 553 g/mol. The van der Waals surface area contributed by atoms with Gasteiger partial charge in [0.1, 0.15) is 26.3 Å². The van der Waals surface area contributed by atoms with Crippen molar-refractivity contribution in [3.8, 4) is 11.5 Å². The molecule has 2 aromatic rings. The van der Waals surface area contributed by atoms with Crippen molar-refractivity contribution in [1.29, 1.82) is 0 Å². The van der Waals surface area contributed by atoms with Gasteiger partial charge in [-0.2, -0.15) is 0 Å². The maximum atomic E-state index is 12.3. The summed E-state index contributed by atoms with van der Waals surface area (Å²) in [5, 5.41) is 0. The zero-order chi connectivity index (χ0) is 30.1. The minimum Gasteiger partial charge on any atom is -0.382 e. The van der Waals surface area contributed by atoms with Crippen LogP contribution in [-0.2, 0) is 20.4 Å².